The molecule has 0 spiro atoms. The van der Waals surface area contributed by atoms with Gasteiger partial charge in [-0.25, -0.2) is 0 Å². The number of nitrogens with zero attached hydrogens (tertiary/aromatic N) is 1. The summed E-state index contributed by atoms with van der Waals surface area (Å²) >= 11 is 0. The molecule has 1 heterocycles. The van der Waals surface area contributed by atoms with Crippen LogP contribution in [0.25, 0.3) is 0 Å². The second-order valence-electron chi connectivity index (χ2n) is 4.93. The third-order valence-corrected chi connectivity index (χ3v) is 3.55. The standard InChI is InChI=1S/C14H22N2O/c1-3-13(12-6-4-5-7-14(12)17)15-11-8-9-16(2)10-11/h4-7,11,13,15,17H,3,8-10H2,1-2H3. The SMILES string of the molecule is CCC(NC1CCN(C)C1)c1ccccc1O. The van der Waals surface area contributed by atoms with E-state index in [9.17, 15) is 5.11 Å². The van der Waals surface area contributed by atoms with Gasteiger partial charge in [0.2, 0.25) is 0 Å². The minimum atomic E-state index is 0.257. The number of nitrogens with one attached hydrogen (secondary N) is 1. The zero-order valence-corrected chi connectivity index (χ0v) is 10.7. The first-order valence-electron chi connectivity index (χ1n) is 6.43. The highest BCUT2D eigenvalue weighted by molar-refractivity contribution is 5.34. The van der Waals surface area contributed by atoms with E-state index in [1.807, 2.05) is 18.2 Å². The molecule has 3 heteroatoms. The summed E-state index contributed by atoms with van der Waals surface area (Å²) in [5.41, 5.74) is 1.02. The maximum Gasteiger partial charge on any atom is 0.120 e. The highest BCUT2D eigenvalue weighted by Crippen LogP contribution is 2.27. The van der Waals surface area contributed by atoms with Gasteiger partial charge in [0.25, 0.3) is 0 Å². The molecule has 1 aliphatic rings. The molecule has 1 aromatic carbocycles. The zero-order valence-electron chi connectivity index (χ0n) is 10.7. The zero-order chi connectivity index (χ0) is 12.3. The van der Waals surface area contributed by atoms with E-state index in [0.717, 1.165) is 25.1 Å². The van der Waals surface area contributed by atoms with Crippen LogP contribution in [-0.4, -0.2) is 36.2 Å². The van der Waals surface area contributed by atoms with Gasteiger partial charge < -0.3 is 15.3 Å². The maximum atomic E-state index is 9.89. The lowest BCUT2D eigenvalue weighted by Crippen LogP contribution is -2.34. The van der Waals surface area contributed by atoms with E-state index in [2.05, 4.69) is 24.2 Å². The van der Waals surface area contributed by atoms with Gasteiger partial charge in [0, 0.05) is 24.2 Å². The van der Waals surface area contributed by atoms with Crippen LogP contribution in [0.1, 0.15) is 31.4 Å². The Morgan fingerprint density at radius 1 is 1.47 bits per heavy atom. The van der Waals surface area contributed by atoms with Crippen molar-refractivity contribution < 1.29 is 5.11 Å². The second-order valence-corrected chi connectivity index (χ2v) is 4.93. The van der Waals surface area contributed by atoms with E-state index in [0.29, 0.717) is 11.8 Å². The van der Waals surface area contributed by atoms with Gasteiger partial charge >= 0.3 is 0 Å². The van der Waals surface area contributed by atoms with Crippen molar-refractivity contribution in [2.24, 2.45) is 0 Å². The van der Waals surface area contributed by atoms with Gasteiger partial charge in [0.15, 0.2) is 0 Å². The molecule has 0 amide bonds. The maximum absolute atomic E-state index is 9.89. The van der Waals surface area contributed by atoms with E-state index in [1.165, 1.54) is 6.42 Å². The molecule has 1 saturated heterocycles. The summed E-state index contributed by atoms with van der Waals surface area (Å²) < 4.78 is 0. The van der Waals surface area contributed by atoms with Crippen LogP contribution < -0.4 is 5.32 Å². The molecule has 0 aliphatic carbocycles. The van der Waals surface area contributed by atoms with Crippen LogP contribution in [0.4, 0.5) is 0 Å². The molecule has 3 nitrogen and oxygen atoms in total. The number of benzene rings is 1. The summed E-state index contributed by atoms with van der Waals surface area (Å²) in [4.78, 5) is 2.34. The summed E-state index contributed by atoms with van der Waals surface area (Å²) in [5.74, 6) is 0.401. The van der Waals surface area contributed by atoms with E-state index in [1.54, 1.807) is 6.07 Å². The first-order valence-corrected chi connectivity index (χ1v) is 6.43. The quantitative estimate of drug-likeness (QED) is 0.838. The highest BCUT2D eigenvalue weighted by Gasteiger charge is 2.23. The first-order chi connectivity index (χ1) is 8.20. The summed E-state index contributed by atoms with van der Waals surface area (Å²) in [5, 5.41) is 13.5. The van der Waals surface area contributed by atoms with Gasteiger partial charge in [-0.3, -0.25) is 0 Å². The Bertz CT molecular complexity index is 367. The number of phenols is 1. The molecule has 2 atom stereocenters. The predicted octanol–water partition coefficient (Wildman–Crippen LogP) is 2.14. The number of hydrogen-bond donors (Lipinski definition) is 2. The molecule has 0 radical (unpaired) electrons. The van der Waals surface area contributed by atoms with Crippen molar-refractivity contribution in [3.8, 4) is 5.75 Å². The molecule has 0 bridgehead atoms. The largest absolute Gasteiger partial charge is 0.508 e. The lowest BCUT2D eigenvalue weighted by molar-refractivity contribution is 0.373. The Labute approximate surface area is 103 Å². The lowest BCUT2D eigenvalue weighted by atomic mass is 10.0. The minimum Gasteiger partial charge on any atom is -0.508 e. The Kier molecular flexibility index (Phi) is 4.02. The summed E-state index contributed by atoms with van der Waals surface area (Å²) in [6.07, 6.45) is 2.19. The van der Waals surface area contributed by atoms with E-state index in [4.69, 9.17) is 0 Å². The van der Waals surface area contributed by atoms with Crippen molar-refractivity contribution in [2.45, 2.75) is 31.8 Å². The molecule has 0 aromatic heterocycles. The molecule has 1 aliphatic heterocycles. The molecule has 0 saturated carbocycles. The fraction of sp³-hybridized carbons (Fsp3) is 0.571. The van der Waals surface area contributed by atoms with Gasteiger partial charge in [-0.2, -0.15) is 0 Å². The number of hydrogen-bond acceptors (Lipinski definition) is 3. The van der Waals surface area contributed by atoms with Crippen molar-refractivity contribution in [3.05, 3.63) is 29.8 Å². The summed E-state index contributed by atoms with van der Waals surface area (Å²) in [6.45, 7) is 4.42. The van der Waals surface area contributed by atoms with Crippen molar-refractivity contribution >= 4 is 0 Å². The fourth-order valence-corrected chi connectivity index (χ4v) is 2.57. The van der Waals surface area contributed by atoms with E-state index >= 15 is 0 Å². The van der Waals surface area contributed by atoms with Crippen molar-refractivity contribution in [3.63, 3.8) is 0 Å². The average molecular weight is 234 g/mol. The van der Waals surface area contributed by atoms with Crippen LogP contribution in [0.5, 0.6) is 5.75 Å². The second kappa shape index (κ2) is 5.52. The van der Waals surface area contributed by atoms with E-state index < -0.39 is 0 Å². The Hall–Kier alpha value is -1.06. The van der Waals surface area contributed by atoms with Gasteiger partial charge in [-0.1, -0.05) is 25.1 Å². The third-order valence-electron chi connectivity index (χ3n) is 3.55. The van der Waals surface area contributed by atoms with Crippen molar-refractivity contribution in [1.82, 2.24) is 10.2 Å². The van der Waals surface area contributed by atoms with Crippen LogP contribution in [0.15, 0.2) is 24.3 Å². The summed E-state index contributed by atoms with van der Waals surface area (Å²) in [7, 11) is 2.16. The summed E-state index contributed by atoms with van der Waals surface area (Å²) in [6, 6.07) is 8.43. The number of para-hydroxylation sites is 1. The number of phenolic OH excluding ortho intramolecular Hbond substituents is 1. The van der Waals surface area contributed by atoms with Crippen LogP contribution in [-0.2, 0) is 0 Å². The molecule has 2 rings (SSSR count). The Morgan fingerprint density at radius 3 is 2.82 bits per heavy atom. The highest BCUT2D eigenvalue weighted by atomic mass is 16.3. The van der Waals surface area contributed by atoms with Crippen molar-refractivity contribution in [1.29, 1.82) is 0 Å². The molecule has 94 valence electrons. The van der Waals surface area contributed by atoms with Crippen LogP contribution in [0.3, 0.4) is 0 Å². The number of rotatable bonds is 4. The van der Waals surface area contributed by atoms with Crippen LogP contribution in [0, 0.1) is 0 Å². The van der Waals surface area contributed by atoms with Gasteiger partial charge in [0.1, 0.15) is 5.75 Å². The number of likely N-dealkylation sites (N-methyl/N-ethyl adjacent to an activating group) is 1. The molecule has 2 unspecified atom stereocenters. The Balaban J connectivity index is 2.04. The van der Waals surface area contributed by atoms with Crippen molar-refractivity contribution in [2.75, 3.05) is 20.1 Å². The van der Waals surface area contributed by atoms with Gasteiger partial charge in [-0.15, -0.1) is 0 Å². The number of aromatic hydroxyl groups is 1. The molecular formula is C14H22N2O. The molecule has 17 heavy (non-hydrogen) atoms. The smallest absolute Gasteiger partial charge is 0.120 e. The van der Waals surface area contributed by atoms with E-state index in [-0.39, 0.29) is 6.04 Å². The molecular weight excluding hydrogens is 212 g/mol. The Morgan fingerprint density at radius 2 is 2.24 bits per heavy atom. The molecule has 1 aromatic rings. The average Bonchev–Trinajstić information content (AvgIpc) is 2.73. The predicted molar refractivity (Wildman–Crippen MR) is 70.2 cm³/mol. The topological polar surface area (TPSA) is 35.5 Å². The van der Waals surface area contributed by atoms with Crippen LogP contribution in [0.2, 0.25) is 0 Å². The van der Waals surface area contributed by atoms with Gasteiger partial charge in [0.05, 0.1) is 0 Å². The first kappa shape index (κ1) is 12.4. The van der Waals surface area contributed by atoms with Gasteiger partial charge in [-0.05, 0) is 32.5 Å². The monoisotopic (exact) mass is 234 g/mol. The lowest BCUT2D eigenvalue weighted by Gasteiger charge is -2.23. The molecule has 1 fully saturated rings. The third kappa shape index (κ3) is 2.99. The fourth-order valence-electron chi connectivity index (χ4n) is 2.57. The minimum absolute atomic E-state index is 0.257. The van der Waals surface area contributed by atoms with Crippen LogP contribution >= 0.6 is 0 Å². The molecule has 2 N–H and O–H groups in total. The number of likely N-dealkylation sites (tertiary alicyclic amines) is 1. The normalized spacial score (nSPS) is 22.8.